The normalized spacial score (nSPS) is 13.7. The standard InChI is InChI=1S/C48H92NO8P/c1-6-8-10-12-14-16-18-20-22-23-24-25-27-29-31-33-35-37-39-41-48(51)57-46(45-56-58(52,53)55-43-42-49(3,4)5)44-54-47(50)40-38-36-34-32-30-28-26-21-19-17-15-13-11-9-7-2/h14,16,20,22,46H,6-13,15,17-19,21,23-45H2,1-5H3/p+1/b16-14-,22-20-. The Balaban J connectivity index is 4.28. The van der Waals surface area contributed by atoms with Gasteiger partial charge in [-0.1, -0.05) is 186 Å². The molecule has 10 heteroatoms. The Kier molecular flexibility index (Phi) is 39.8. The number of likely N-dealkylation sites (N-methyl/N-ethyl adjacent to an activating group) is 1. The van der Waals surface area contributed by atoms with Crippen molar-refractivity contribution in [2.45, 2.75) is 225 Å². The molecule has 1 N–H and O–H groups in total. The molecule has 0 spiro atoms. The number of esters is 2. The summed E-state index contributed by atoms with van der Waals surface area (Å²) in [6, 6.07) is 0. The number of carbonyl (C=O) groups excluding carboxylic acids is 2. The molecule has 0 aliphatic rings. The van der Waals surface area contributed by atoms with Crippen molar-refractivity contribution in [3.05, 3.63) is 24.3 Å². The Labute approximate surface area is 358 Å². The van der Waals surface area contributed by atoms with Crippen molar-refractivity contribution in [3.8, 4) is 0 Å². The van der Waals surface area contributed by atoms with E-state index in [1.54, 1.807) is 0 Å². The maximum atomic E-state index is 12.7. The first kappa shape index (κ1) is 56.5. The number of ether oxygens (including phenoxy) is 2. The fourth-order valence-electron chi connectivity index (χ4n) is 6.69. The van der Waals surface area contributed by atoms with Gasteiger partial charge in [0.2, 0.25) is 0 Å². The summed E-state index contributed by atoms with van der Waals surface area (Å²) in [6.45, 7) is 4.42. The van der Waals surface area contributed by atoms with Gasteiger partial charge in [-0.15, -0.1) is 0 Å². The van der Waals surface area contributed by atoms with Gasteiger partial charge in [0.05, 0.1) is 27.7 Å². The van der Waals surface area contributed by atoms with E-state index in [2.05, 4.69) is 38.2 Å². The molecule has 342 valence electrons. The molecule has 0 aromatic heterocycles. The zero-order valence-electron chi connectivity index (χ0n) is 38.5. The number of rotatable bonds is 44. The van der Waals surface area contributed by atoms with Gasteiger partial charge in [0.15, 0.2) is 6.10 Å². The van der Waals surface area contributed by atoms with Crippen molar-refractivity contribution in [1.29, 1.82) is 0 Å². The van der Waals surface area contributed by atoms with Crippen LogP contribution in [0.5, 0.6) is 0 Å². The molecule has 0 amide bonds. The van der Waals surface area contributed by atoms with Gasteiger partial charge < -0.3 is 18.9 Å². The van der Waals surface area contributed by atoms with Gasteiger partial charge in [0.25, 0.3) is 0 Å². The third-order valence-corrected chi connectivity index (χ3v) is 11.5. The molecule has 0 aromatic carbocycles. The van der Waals surface area contributed by atoms with Crippen LogP contribution in [0.4, 0.5) is 0 Å². The zero-order valence-corrected chi connectivity index (χ0v) is 39.4. The minimum absolute atomic E-state index is 0.0329. The summed E-state index contributed by atoms with van der Waals surface area (Å²) >= 11 is 0. The van der Waals surface area contributed by atoms with Gasteiger partial charge in [-0.3, -0.25) is 18.6 Å². The zero-order chi connectivity index (χ0) is 42.8. The number of phosphoric ester groups is 1. The first-order valence-electron chi connectivity index (χ1n) is 24.1. The molecule has 0 aliphatic carbocycles. The molecule has 0 aliphatic heterocycles. The Morgan fingerprint density at radius 2 is 0.931 bits per heavy atom. The van der Waals surface area contributed by atoms with Crippen molar-refractivity contribution in [3.63, 3.8) is 0 Å². The number of phosphoric acid groups is 1. The lowest BCUT2D eigenvalue weighted by Gasteiger charge is -2.24. The van der Waals surface area contributed by atoms with Crippen LogP contribution in [0, 0.1) is 0 Å². The van der Waals surface area contributed by atoms with E-state index in [4.69, 9.17) is 18.5 Å². The van der Waals surface area contributed by atoms with Crippen molar-refractivity contribution in [2.75, 3.05) is 47.5 Å². The number of allylic oxidation sites excluding steroid dienone is 4. The number of hydrogen-bond acceptors (Lipinski definition) is 7. The molecule has 0 heterocycles. The molecule has 0 aromatic rings. The highest BCUT2D eigenvalue weighted by Crippen LogP contribution is 2.43. The summed E-state index contributed by atoms with van der Waals surface area (Å²) in [5.41, 5.74) is 0. The second-order valence-electron chi connectivity index (χ2n) is 17.5. The van der Waals surface area contributed by atoms with Gasteiger partial charge in [-0.05, 0) is 44.9 Å². The molecular weight excluding hydrogens is 750 g/mol. The van der Waals surface area contributed by atoms with Crippen LogP contribution in [0.15, 0.2) is 24.3 Å². The van der Waals surface area contributed by atoms with E-state index in [9.17, 15) is 19.0 Å². The summed E-state index contributed by atoms with van der Waals surface area (Å²) < 4.78 is 34.4. The van der Waals surface area contributed by atoms with Gasteiger partial charge in [-0.2, -0.15) is 0 Å². The highest BCUT2D eigenvalue weighted by atomic mass is 31.2. The predicted molar refractivity (Wildman–Crippen MR) is 243 cm³/mol. The first-order chi connectivity index (χ1) is 28.0. The number of quaternary nitrogens is 1. The monoisotopic (exact) mass is 843 g/mol. The summed E-state index contributed by atoms with van der Waals surface area (Å²) in [7, 11) is 1.48. The van der Waals surface area contributed by atoms with Gasteiger partial charge >= 0.3 is 19.8 Å². The third kappa shape index (κ3) is 44.1. The number of hydrogen-bond donors (Lipinski definition) is 1. The molecular formula is C48H93NO8P+. The molecule has 0 bridgehead atoms. The second-order valence-corrected chi connectivity index (χ2v) is 19.0. The Bertz CT molecular complexity index is 1040. The van der Waals surface area contributed by atoms with E-state index in [-0.39, 0.29) is 25.6 Å². The molecule has 0 rings (SSSR count). The average molecular weight is 843 g/mol. The molecule has 2 unspecified atom stereocenters. The number of carbonyl (C=O) groups is 2. The minimum Gasteiger partial charge on any atom is -0.462 e. The van der Waals surface area contributed by atoms with Crippen LogP contribution in [0.2, 0.25) is 0 Å². The van der Waals surface area contributed by atoms with Crippen molar-refractivity contribution in [2.24, 2.45) is 0 Å². The maximum Gasteiger partial charge on any atom is 0.472 e. The Hall–Kier alpha value is -1.51. The fraction of sp³-hybridized carbons (Fsp3) is 0.875. The highest BCUT2D eigenvalue weighted by molar-refractivity contribution is 7.47. The highest BCUT2D eigenvalue weighted by Gasteiger charge is 2.27. The summed E-state index contributed by atoms with van der Waals surface area (Å²) in [4.78, 5) is 35.5. The van der Waals surface area contributed by atoms with Crippen LogP contribution < -0.4 is 0 Å². The Morgan fingerprint density at radius 3 is 1.40 bits per heavy atom. The molecule has 0 saturated carbocycles. The van der Waals surface area contributed by atoms with E-state index in [1.165, 1.54) is 141 Å². The number of unbranched alkanes of at least 4 members (excludes halogenated alkanes) is 26. The van der Waals surface area contributed by atoms with Crippen molar-refractivity contribution in [1.82, 2.24) is 0 Å². The van der Waals surface area contributed by atoms with Crippen LogP contribution in [-0.2, 0) is 32.7 Å². The predicted octanol–water partition coefficient (Wildman–Crippen LogP) is 13.9. The average Bonchev–Trinajstić information content (AvgIpc) is 3.17. The van der Waals surface area contributed by atoms with E-state index >= 15 is 0 Å². The van der Waals surface area contributed by atoms with Gasteiger partial charge in [-0.25, -0.2) is 4.57 Å². The van der Waals surface area contributed by atoms with E-state index in [0.717, 1.165) is 44.9 Å². The molecule has 9 nitrogen and oxygen atoms in total. The lowest BCUT2D eigenvalue weighted by Crippen LogP contribution is -2.37. The quantitative estimate of drug-likeness (QED) is 0.0212. The number of nitrogens with zero attached hydrogens (tertiary/aromatic N) is 1. The van der Waals surface area contributed by atoms with Crippen molar-refractivity contribution < 1.29 is 42.1 Å². The van der Waals surface area contributed by atoms with E-state index in [1.807, 2.05) is 21.1 Å². The van der Waals surface area contributed by atoms with E-state index < -0.39 is 26.5 Å². The largest absolute Gasteiger partial charge is 0.472 e. The smallest absolute Gasteiger partial charge is 0.462 e. The second kappa shape index (κ2) is 40.9. The molecule has 0 saturated heterocycles. The van der Waals surface area contributed by atoms with Crippen LogP contribution >= 0.6 is 7.82 Å². The lowest BCUT2D eigenvalue weighted by atomic mass is 10.0. The van der Waals surface area contributed by atoms with E-state index in [0.29, 0.717) is 23.9 Å². The SMILES string of the molecule is CCCCC/C=C\C/C=C\CCCCCCCCCCCC(=O)OC(COC(=O)CCCCCCCCCCCCCCCCC)COP(=O)(O)OCC[N+](C)(C)C. The van der Waals surface area contributed by atoms with Crippen LogP contribution in [0.1, 0.15) is 219 Å². The van der Waals surface area contributed by atoms with Crippen LogP contribution in [0.3, 0.4) is 0 Å². The summed E-state index contributed by atoms with van der Waals surface area (Å²) in [5, 5.41) is 0. The van der Waals surface area contributed by atoms with Crippen molar-refractivity contribution >= 4 is 19.8 Å². The summed E-state index contributed by atoms with van der Waals surface area (Å²) in [6.07, 6.45) is 45.0. The Morgan fingerprint density at radius 1 is 0.534 bits per heavy atom. The maximum absolute atomic E-state index is 12.7. The minimum atomic E-state index is -4.37. The molecule has 0 radical (unpaired) electrons. The molecule has 2 atom stereocenters. The first-order valence-corrected chi connectivity index (χ1v) is 25.6. The van der Waals surface area contributed by atoms with Gasteiger partial charge in [0, 0.05) is 12.8 Å². The molecule has 58 heavy (non-hydrogen) atoms. The van der Waals surface area contributed by atoms with Crippen LogP contribution in [-0.4, -0.2) is 74.9 Å². The van der Waals surface area contributed by atoms with Gasteiger partial charge in [0.1, 0.15) is 19.8 Å². The summed E-state index contributed by atoms with van der Waals surface area (Å²) in [5.74, 6) is -0.793. The van der Waals surface area contributed by atoms with Crippen LogP contribution in [0.25, 0.3) is 0 Å². The fourth-order valence-corrected chi connectivity index (χ4v) is 7.43. The third-order valence-electron chi connectivity index (χ3n) is 10.5. The molecule has 0 fully saturated rings. The lowest BCUT2D eigenvalue weighted by molar-refractivity contribution is -0.870. The topological polar surface area (TPSA) is 108 Å².